The smallest absolute Gasteiger partial charge is 0.157 e. The van der Waals surface area contributed by atoms with Gasteiger partial charge in [-0.1, -0.05) is 42.1 Å². The molecule has 0 bridgehead atoms. The van der Waals surface area contributed by atoms with Crippen molar-refractivity contribution in [3.05, 3.63) is 35.9 Å². The number of aliphatic imine (C=N–C) groups is 1. The Balaban J connectivity index is 1.36. The van der Waals surface area contributed by atoms with Gasteiger partial charge in [-0.15, -0.1) is 0 Å². The molecule has 3 fully saturated rings. The fourth-order valence-corrected chi connectivity index (χ4v) is 4.30. The van der Waals surface area contributed by atoms with Crippen LogP contribution in [0.25, 0.3) is 0 Å². The molecule has 1 saturated carbocycles. The van der Waals surface area contributed by atoms with Crippen molar-refractivity contribution in [2.45, 2.75) is 43.9 Å². The average molecular weight is 302 g/mol. The number of hydrogen-bond donors (Lipinski definition) is 1. The lowest BCUT2D eigenvalue weighted by atomic mass is 10.1. The van der Waals surface area contributed by atoms with Crippen LogP contribution in [-0.2, 0) is 11.2 Å². The zero-order valence-corrected chi connectivity index (χ0v) is 13.0. The van der Waals surface area contributed by atoms with Crippen LogP contribution in [0.4, 0.5) is 0 Å². The van der Waals surface area contributed by atoms with Crippen molar-refractivity contribution < 1.29 is 4.74 Å². The molecule has 3 atom stereocenters. The first-order valence-corrected chi connectivity index (χ1v) is 9.00. The predicted molar refractivity (Wildman–Crippen MR) is 87.8 cm³/mol. The number of benzene rings is 1. The van der Waals surface area contributed by atoms with Crippen molar-refractivity contribution >= 4 is 16.9 Å². The molecule has 2 saturated heterocycles. The molecule has 0 amide bonds. The van der Waals surface area contributed by atoms with Crippen LogP contribution >= 0.6 is 11.8 Å². The van der Waals surface area contributed by atoms with Gasteiger partial charge in [-0.2, -0.15) is 0 Å². The van der Waals surface area contributed by atoms with E-state index in [1.54, 1.807) is 0 Å². The SMILES string of the molecule is c1ccc(CC2CSC(=NC3CCOC3C3CC3)N2)cc1. The van der Waals surface area contributed by atoms with Gasteiger partial charge >= 0.3 is 0 Å². The first-order chi connectivity index (χ1) is 10.4. The van der Waals surface area contributed by atoms with Crippen molar-refractivity contribution in [2.75, 3.05) is 12.4 Å². The number of rotatable bonds is 4. The Morgan fingerprint density at radius 1 is 1.19 bits per heavy atom. The van der Waals surface area contributed by atoms with E-state index >= 15 is 0 Å². The second kappa shape index (κ2) is 6.01. The molecule has 2 aliphatic heterocycles. The zero-order chi connectivity index (χ0) is 14.1. The van der Waals surface area contributed by atoms with E-state index in [1.165, 1.54) is 18.4 Å². The molecule has 1 aliphatic carbocycles. The normalized spacial score (nSPS) is 34.3. The molecule has 3 unspecified atom stereocenters. The lowest BCUT2D eigenvalue weighted by molar-refractivity contribution is 0.0875. The summed E-state index contributed by atoms with van der Waals surface area (Å²) in [4.78, 5) is 4.95. The number of hydrogen-bond acceptors (Lipinski definition) is 3. The van der Waals surface area contributed by atoms with Gasteiger partial charge in [0.25, 0.3) is 0 Å². The fraction of sp³-hybridized carbons (Fsp3) is 0.588. The van der Waals surface area contributed by atoms with Gasteiger partial charge in [-0.25, -0.2) is 0 Å². The van der Waals surface area contributed by atoms with E-state index in [0.717, 1.165) is 36.3 Å². The van der Waals surface area contributed by atoms with Gasteiger partial charge in [0.2, 0.25) is 0 Å². The minimum absolute atomic E-state index is 0.392. The monoisotopic (exact) mass is 302 g/mol. The van der Waals surface area contributed by atoms with Crippen LogP contribution in [0.15, 0.2) is 35.3 Å². The van der Waals surface area contributed by atoms with Gasteiger partial charge in [0.1, 0.15) is 0 Å². The third kappa shape index (κ3) is 3.27. The molecule has 0 aromatic heterocycles. The molecule has 112 valence electrons. The number of nitrogens with zero attached hydrogens (tertiary/aromatic N) is 1. The highest BCUT2D eigenvalue weighted by Gasteiger charge is 2.41. The van der Waals surface area contributed by atoms with E-state index < -0.39 is 0 Å². The molecule has 3 nitrogen and oxygen atoms in total. The van der Waals surface area contributed by atoms with E-state index in [1.807, 2.05) is 11.8 Å². The van der Waals surface area contributed by atoms with E-state index in [2.05, 4.69) is 35.6 Å². The third-order valence-electron chi connectivity index (χ3n) is 4.55. The Morgan fingerprint density at radius 2 is 2.05 bits per heavy atom. The maximum Gasteiger partial charge on any atom is 0.157 e. The Hall–Kier alpha value is -1.00. The van der Waals surface area contributed by atoms with Gasteiger partial charge in [-0.05, 0) is 37.2 Å². The Kier molecular flexibility index (Phi) is 3.91. The highest BCUT2D eigenvalue weighted by atomic mass is 32.2. The molecule has 1 aromatic rings. The van der Waals surface area contributed by atoms with Gasteiger partial charge in [0.15, 0.2) is 5.17 Å². The average Bonchev–Trinajstić information content (AvgIpc) is 3.09. The van der Waals surface area contributed by atoms with Crippen LogP contribution in [0.3, 0.4) is 0 Å². The molecule has 4 rings (SSSR count). The molecule has 4 heteroatoms. The van der Waals surface area contributed by atoms with Gasteiger partial charge in [0.05, 0.1) is 12.1 Å². The van der Waals surface area contributed by atoms with E-state index in [4.69, 9.17) is 9.73 Å². The maximum absolute atomic E-state index is 5.88. The van der Waals surface area contributed by atoms with Crippen molar-refractivity contribution in [2.24, 2.45) is 10.9 Å². The summed E-state index contributed by atoms with van der Waals surface area (Å²) in [7, 11) is 0. The second-order valence-corrected chi connectivity index (χ2v) is 7.31. The van der Waals surface area contributed by atoms with Crippen molar-refractivity contribution in [3.8, 4) is 0 Å². The minimum atomic E-state index is 0.392. The number of amidine groups is 1. The third-order valence-corrected chi connectivity index (χ3v) is 5.61. The molecular formula is C17H22N2OS. The molecule has 21 heavy (non-hydrogen) atoms. The van der Waals surface area contributed by atoms with Crippen molar-refractivity contribution in [3.63, 3.8) is 0 Å². The second-order valence-electron chi connectivity index (χ2n) is 6.31. The number of ether oxygens (including phenoxy) is 1. The summed E-state index contributed by atoms with van der Waals surface area (Å²) >= 11 is 1.87. The highest BCUT2D eigenvalue weighted by molar-refractivity contribution is 8.14. The number of nitrogens with one attached hydrogen (secondary N) is 1. The van der Waals surface area contributed by atoms with Crippen LogP contribution in [-0.4, -0.2) is 35.7 Å². The van der Waals surface area contributed by atoms with Crippen LogP contribution in [0, 0.1) is 5.92 Å². The quantitative estimate of drug-likeness (QED) is 0.928. The summed E-state index contributed by atoms with van der Waals surface area (Å²) in [5, 5.41) is 4.74. The Morgan fingerprint density at radius 3 is 2.86 bits per heavy atom. The van der Waals surface area contributed by atoms with Crippen LogP contribution < -0.4 is 5.32 Å². The highest BCUT2D eigenvalue weighted by Crippen LogP contribution is 2.40. The van der Waals surface area contributed by atoms with Crippen LogP contribution in [0.5, 0.6) is 0 Å². The summed E-state index contributed by atoms with van der Waals surface area (Å²) in [6, 6.07) is 11.6. The Labute approximate surface area is 130 Å². The van der Waals surface area contributed by atoms with Gasteiger partial charge in [-0.3, -0.25) is 4.99 Å². The van der Waals surface area contributed by atoms with Gasteiger partial charge < -0.3 is 10.1 Å². The predicted octanol–water partition coefficient (Wildman–Crippen LogP) is 2.86. The van der Waals surface area contributed by atoms with E-state index in [9.17, 15) is 0 Å². The lowest BCUT2D eigenvalue weighted by Gasteiger charge is -2.15. The summed E-state index contributed by atoms with van der Waals surface area (Å²) in [6.45, 7) is 0.890. The molecule has 1 aromatic carbocycles. The first-order valence-electron chi connectivity index (χ1n) is 8.01. The standard InChI is InChI=1S/C17H22N2OS/c1-2-4-12(5-3-1)10-14-11-21-17(18-14)19-15-8-9-20-16(15)13-6-7-13/h1-5,13-16H,6-11H2,(H,18,19). The lowest BCUT2D eigenvalue weighted by Crippen LogP contribution is -2.31. The molecule has 2 heterocycles. The maximum atomic E-state index is 5.88. The molecule has 1 N–H and O–H groups in total. The van der Waals surface area contributed by atoms with Crippen LogP contribution in [0.2, 0.25) is 0 Å². The number of thioether (sulfide) groups is 1. The molecule has 3 aliphatic rings. The topological polar surface area (TPSA) is 33.6 Å². The first kappa shape index (κ1) is 13.6. The van der Waals surface area contributed by atoms with E-state index in [0.29, 0.717) is 18.2 Å². The summed E-state index contributed by atoms with van der Waals surface area (Å²) in [5.74, 6) is 1.91. The fourth-order valence-electron chi connectivity index (χ4n) is 3.28. The molecular weight excluding hydrogens is 280 g/mol. The molecule has 0 radical (unpaired) electrons. The van der Waals surface area contributed by atoms with Crippen molar-refractivity contribution in [1.29, 1.82) is 0 Å². The minimum Gasteiger partial charge on any atom is -0.376 e. The summed E-state index contributed by atoms with van der Waals surface area (Å²) in [5.41, 5.74) is 1.40. The van der Waals surface area contributed by atoms with E-state index in [-0.39, 0.29) is 0 Å². The Bertz CT molecular complexity index is 515. The zero-order valence-electron chi connectivity index (χ0n) is 12.2. The largest absolute Gasteiger partial charge is 0.376 e. The summed E-state index contributed by atoms with van der Waals surface area (Å²) in [6.07, 6.45) is 5.25. The van der Waals surface area contributed by atoms with Crippen LogP contribution in [0.1, 0.15) is 24.8 Å². The van der Waals surface area contributed by atoms with Crippen molar-refractivity contribution in [1.82, 2.24) is 5.32 Å². The molecule has 0 spiro atoms. The van der Waals surface area contributed by atoms with Gasteiger partial charge in [0, 0.05) is 18.4 Å². The summed E-state index contributed by atoms with van der Waals surface area (Å²) < 4.78 is 5.88.